The van der Waals surface area contributed by atoms with E-state index in [-0.39, 0.29) is 24.3 Å². The molecule has 1 unspecified atom stereocenters. The number of nitrogens with one attached hydrogen (secondary N) is 1. The van der Waals surface area contributed by atoms with Crippen LogP contribution in [0, 0.1) is 0 Å². The van der Waals surface area contributed by atoms with Crippen molar-refractivity contribution in [3.8, 4) is 0 Å². The number of amides is 1. The first kappa shape index (κ1) is 12.5. The van der Waals surface area contributed by atoms with E-state index >= 15 is 0 Å². The number of nitrogens with zero attached hydrogens (tertiary/aromatic N) is 1. The highest BCUT2D eigenvalue weighted by atomic mass is 16.2. The highest BCUT2D eigenvalue weighted by molar-refractivity contribution is 5.93. The summed E-state index contributed by atoms with van der Waals surface area (Å²) < 4.78 is 1.67. The molecule has 0 saturated carbocycles. The summed E-state index contributed by atoms with van der Waals surface area (Å²) in [5.41, 5.74) is 0.569. The lowest BCUT2D eigenvalue weighted by molar-refractivity contribution is -0.122. The average molecular weight is 222 g/mol. The second kappa shape index (κ2) is 5.49. The molecule has 1 N–H and O–H groups in total. The molecule has 1 atom stereocenters. The third-order valence-corrected chi connectivity index (χ3v) is 2.52. The zero-order valence-electron chi connectivity index (χ0n) is 9.99. The molecule has 0 spiro atoms. The molecule has 1 aromatic heterocycles. The third-order valence-electron chi connectivity index (χ3n) is 2.52. The van der Waals surface area contributed by atoms with E-state index in [0.29, 0.717) is 5.69 Å². The summed E-state index contributed by atoms with van der Waals surface area (Å²) >= 11 is 0. The monoisotopic (exact) mass is 222 g/mol. The number of aromatic nitrogens is 1. The summed E-state index contributed by atoms with van der Waals surface area (Å²) in [5, 5.41) is 2.86. The highest BCUT2D eigenvalue weighted by Crippen LogP contribution is 2.03. The van der Waals surface area contributed by atoms with Crippen LogP contribution in [-0.2, 0) is 11.3 Å². The number of rotatable bonds is 5. The SMILES string of the molecule is CCC(C)NC(=O)Cn1cccc1C(C)=O. The maximum Gasteiger partial charge on any atom is 0.240 e. The van der Waals surface area contributed by atoms with E-state index < -0.39 is 0 Å². The van der Waals surface area contributed by atoms with E-state index in [9.17, 15) is 9.59 Å². The van der Waals surface area contributed by atoms with Crippen LogP contribution in [0.2, 0.25) is 0 Å². The molecule has 88 valence electrons. The zero-order chi connectivity index (χ0) is 12.1. The van der Waals surface area contributed by atoms with E-state index in [4.69, 9.17) is 0 Å². The van der Waals surface area contributed by atoms with Crippen molar-refractivity contribution >= 4 is 11.7 Å². The normalized spacial score (nSPS) is 12.2. The Morgan fingerprint density at radius 2 is 2.19 bits per heavy atom. The first-order chi connectivity index (χ1) is 7.54. The third kappa shape index (κ3) is 3.22. The van der Waals surface area contributed by atoms with Gasteiger partial charge in [0.25, 0.3) is 0 Å². The van der Waals surface area contributed by atoms with E-state index in [1.165, 1.54) is 6.92 Å². The summed E-state index contributed by atoms with van der Waals surface area (Å²) in [6.45, 7) is 5.67. The first-order valence-corrected chi connectivity index (χ1v) is 5.50. The molecule has 1 heterocycles. The molecule has 16 heavy (non-hydrogen) atoms. The molecule has 1 rings (SSSR count). The van der Waals surface area contributed by atoms with Crippen LogP contribution in [0.5, 0.6) is 0 Å². The minimum Gasteiger partial charge on any atom is -0.352 e. The molecule has 4 nitrogen and oxygen atoms in total. The molecule has 0 aliphatic carbocycles. The Morgan fingerprint density at radius 3 is 2.75 bits per heavy atom. The summed E-state index contributed by atoms with van der Waals surface area (Å²) in [5.74, 6) is -0.0885. The van der Waals surface area contributed by atoms with Crippen LogP contribution in [0.25, 0.3) is 0 Å². The van der Waals surface area contributed by atoms with Crippen LogP contribution >= 0.6 is 0 Å². The largest absolute Gasteiger partial charge is 0.352 e. The molecule has 0 bridgehead atoms. The lowest BCUT2D eigenvalue weighted by Crippen LogP contribution is -2.34. The van der Waals surface area contributed by atoms with Crippen molar-refractivity contribution in [3.63, 3.8) is 0 Å². The smallest absolute Gasteiger partial charge is 0.240 e. The fourth-order valence-corrected chi connectivity index (χ4v) is 1.45. The Morgan fingerprint density at radius 1 is 1.50 bits per heavy atom. The fourth-order valence-electron chi connectivity index (χ4n) is 1.45. The molecule has 0 fully saturated rings. The fraction of sp³-hybridized carbons (Fsp3) is 0.500. The Labute approximate surface area is 95.6 Å². The van der Waals surface area contributed by atoms with Gasteiger partial charge >= 0.3 is 0 Å². The van der Waals surface area contributed by atoms with E-state index in [1.807, 2.05) is 13.8 Å². The number of hydrogen-bond donors (Lipinski definition) is 1. The van der Waals surface area contributed by atoms with Gasteiger partial charge in [-0.1, -0.05) is 6.92 Å². The highest BCUT2D eigenvalue weighted by Gasteiger charge is 2.10. The lowest BCUT2D eigenvalue weighted by Gasteiger charge is -2.12. The van der Waals surface area contributed by atoms with Crippen LogP contribution < -0.4 is 5.32 Å². The molecule has 0 radical (unpaired) electrons. The number of Topliss-reactive ketones (excluding diaryl/α,β-unsaturated/α-hetero) is 1. The quantitative estimate of drug-likeness (QED) is 0.769. The number of carbonyl (C=O) groups is 2. The molecule has 0 aliphatic rings. The van der Waals surface area contributed by atoms with E-state index in [2.05, 4.69) is 5.32 Å². The second-order valence-corrected chi connectivity index (χ2v) is 3.95. The Hall–Kier alpha value is -1.58. The van der Waals surface area contributed by atoms with Gasteiger partial charge in [0.15, 0.2) is 5.78 Å². The minimum absolute atomic E-state index is 0.0265. The Balaban J connectivity index is 2.63. The van der Waals surface area contributed by atoms with Crippen molar-refractivity contribution in [2.24, 2.45) is 0 Å². The van der Waals surface area contributed by atoms with E-state index in [0.717, 1.165) is 6.42 Å². The summed E-state index contributed by atoms with van der Waals surface area (Å²) in [6.07, 6.45) is 2.64. The van der Waals surface area contributed by atoms with Gasteiger partial charge in [0.05, 0.1) is 5.69 Å². The average Bonchev–Trinajstić information content (AvgIpc) is 2.65. The summed E-state index contributed by atoms with van der Waals surface area (Å²) in [6, 6.07) is 3.66. The van der Waals surface area contributed by atoms with Gasteiger partial charge in [0.1, 0.15) is 6.54 Å². The molecular weight excluding hydrogens is 204 g/mol. The maximum atomic E-state index is 11.6. The van der Waals surface area contributed by atoms with Gasteiger partial charge in [-0.05, 0) is 25.5 Å². The van der Waals surface area contributed by atoms with Crippen molar-refractivity contribution in [2.45, 2.75) is 39.8 Å². The van der Waals surface area contributed by atoms with Crippen molar-refractivity contribution in [2.75, 3.05) is 0 Å². The number of ketones is 1. The van der Waals surface area contributed by atoms with Crippen LogP contribution in [0.1, 0.15) is 37.7 Å². The van der Waals surface area contributed by atoms with Crippen molar-refractivity contribution in [1.29, 1.82) is 0 Å². The van der Waals surface area contributed by atoms with Crippen molar-refractivity contribution < 1.29 is 9.59 Å². The van der Waals surface area contributed by atoms with Crippen molar-refractivity contribution in [1.82, 2.24) is 9.88 Å². The van der Waals surface area contributed by atoms with Gasteiger partial charge in [0, 0.05) is 19.2 Å². The second-order valence-electron chi connectivity index (χ2n) is 3.95. The molecule has 0 aliphatic heterocycles. The first-order valence-electron chi connectivity index (χ1n) is 5.50. The van der Waals surface area contributed by atoms with Crippen LogP contribution in [0.15, 0.2) is 18.3 Å². The van der Waals surface area contributed by atoms with Gasteiger partial charge in [0.2, 0.25) is 5.91 Å². The van der Waals surface area contributed by atoms with Gasteiger partial charge in [-0.25, -0.2) is 0 Å². The summed E-state index contributed by atoms with van der Waals surface area (Å²) in [7, 11) is 0. The standard InChI is InChI=1S/C12H18N2O2/c1-4-9(2)13-12(16)8-14-7-5-6-11(14)10(3)15/h5-7,9H,4,8H2,1-3H3,(H,13,16). The van der Waals surface area contributed by atoms with Crippen LogP contribution in [-0.4, -0.2) is 22.3 Å². The molecule has 1 amide bonds. The minimum atomic E-state index is -0.0620. The van der Waals surface area contributed by atoms with Gasteiger partial charge in [-0.15, -0.1) is 0 Å². The van der Waals surface area contributed by atoms with Gasteiger partial charge < -0.3 is 9.88 Å². The van der Waals surface area contributed by atoms with Crippen LogP contribution in [0.3, 0.4) is 0 Å². The molecular formula is C12H18N2O2. The number of carbonyl (C=O) groups excluding carboxylic acids is 2. The predicted molar refractivity (Wildman–Crippen MR) is 62.3 cm³/mol. The molecule has 0 saturated heterocycles. The lowest BCUT2D eigenvalue weighted by atomic mass is 10.2. The number of hydrogen-bond acceptors (Lipinski definition) is 2. The van der Waals surface area contributed by atoms with Gasteiger partial charge in [-0.2, -0.15) is 0 Å². The molecule has 0 aromatic carbocycles. The predicted octanol–water partition coefficient (Wildman–Crippen LogP) is 1.61. The zero-order valence-corrected chi connectivity index (χ0v) is 9.99. The molecule has 4 heteroatoms. The Kier molecular flexibility index (Phi) is 4.28. The Bertz CT molecular complexity index is 382. The topological polar surface area (TPSA) is 51.1 Å². The maximum absolute atomic E-state index is 11.6. The summed E-state index contributed by atoms with van der Waals surface area (Å²) in [4.78, 5) is 22.8. The van der Waals surface area contributed by atoms with Gasteiger partial charge in [-0.3, -0.25) is 9.59 Å². The molecule has 1 aromatic rings. The van der Waals surface area contributed by atoms with Crippen molar-refractivity contribution in [3.05, 3.63) is 24.0 Å². The van der Waals surface area contributed by atoms with E-state index in [1.54, 1.807) is 22.9 Å². The van der Waals surface area contributed by atoms with Crippen LogP contribution in [0.4, 0.5) is 0 Å².